The molecule has 2 aliphatic rings. The summed E-state index contributed by atoms with van der Waals surface area (Å²) in [4.78, 5) is 17.9. The van der Waals surface area contributed by atoms with Crippen molar-refractivity contribution in [2.24, 2.45) is 11.8 Å². The molecule has 0 spiro atoms. The maximum absolute atomic E-state index is 13.4. The largest absolute Gasteiger partial charge is 0.391 e. The Morgan fingerprint density at radius 3 is 2.18 bits per heavy atom. The molecule has 0 unspecified atom stereocenters. The third-order valence-electron chi connectivity index (χ3n) is 8.69. The van der Waals surface area contributed by atoms with Crippen molar-refractivity contribution in [3.63, 3.8) is 0 Å². The predicted molar refractivity (Wildman–Crippen MR) is 153 cm³/mol. The maximum atomic E-state index is 13.4. The van der Waals surface area contributed by atoms with Crippen LogP contribution in [0.3, 0.4) is 0 Å². The van der Waals surface area contributed by atoms with Crippen LogP contribution < -0.4 is 10.6 Å². The van der Waals surface area contributed by atoms with E-state index in [1.807, 2.05) is 6.92 Å². The number of rotatable bonds is 12. The summed E-state index contributed by atoms with van der Waals surface area (Å²) in [5.74, 6) is 0.872. The molecule has 1 heterocycles. The van der Waals surface area contributed by atoms with Gasteiger partial charge in [0.2, 0.25) is 5.91 Å². The molecule has 2 fully saturated rings. The molecule has 3 N–H and O–H groups in total. The van der Waals surface area contributed by atoms with E-state index in [9.17, 15) is 18.3 Å². The number of aliphatic hydroxyl groups is 1. The number of carbonyl (C=O) groups is 1. The minimum Gasteiger partial charge on any atom is -0.391 e. The van der Waals surface area contributed by atoms with Gasteiger partial charge in [0.05, 0.1) is 28.8 Å². The molecule has 0 saturated heterocycles. The van der Waals surface area contributed by atoms with Gasteiger partial charge in [-0.3, -0.25) is 4.79 Å². The molecule has 1 amide bonds. The molecule has 1 aromatic carbocycles. The van der Waals surface area contributed by atoms with Crippen molar-refractivity contribution in [2.75, 3.05) is 7.05 Å². The first-order valence-electron chi connectivity index (χ1n) is 14.8. The Labute approximate surface area is 234 Å². The SMILES string of the molecule is CN[C@@H](Cc1cn(S(=O)(=O)c2ccc(C)cc2)cn1)C(=O)N[C@@H](CC1CCCCC1)[C@@H](O)CC1CCCCC1. The van der Waals surface area contributed by atoms with E-state index >= 15 is 0 Å². The maximum Gasteiger partial charge on any atom is 0.268 e. The Hall–Kier alpha value is -2.23. The summed E-state index contributed by atoms with van der Waals surface area (Å²) in [6, 6.07) is 5.82. The van der Waals surface area contributed by atoms with Gasteiger partial charge in [-0.25, -0.2) is 17.4 Å². The summed E-state index contributed by atoms with van der Waals surface area (Å²) in [6.07, 6.45) is 16.1. The molecular weight excluding hydrogens is 512 g/mol. The quantitative estimate of drug-likeness (QED) is 0.357. The number of nitrogens with zero attached hydrogens (tertiary/aromatic N) is 2. The van der Waals surface area contributed by atoms with Crippen LogP contribution in [0.1, 0.15) is 88.3 Å². The van der Waals surface area contributed by atoms with Crippen molar-refractivity contribution in [1.82, 2.24) is 19.6 Å². The number of aromatic nitrogens is 2. The number of aryl methyl sites for hydroxylation is 1. The zero-order chi connectivity index (χ0) is 27.8. The van der Waals surface area contributed by atoms with Crippen LogP contribution in [0.4, 0.5) is 0 Å². The number of aliphatic hydroxyl groups excluding tert-OH is 1. The summed E-state index contributed by atoms with van der Waals surface area (Å²) in [5, 5.41) is 17.5. The van der Waals surface area contributed by atoms with Crippen molar-refractivity contribution in [1.29, 1.82) is 0 Å². The Balaban J connectivity index is 1.42. The molecule has 2 saturated carbocycles. The number of imidazole rings is 1. The fourth-order valence-corrected chi connectivity index (χ4v) is 7.41. The van der Waals surface area contributed by atoms with Gasteiger partial charge in [0.15, 0.2) is 0 Å². The first-order chi connectivity index (χ1) is 18.8. The van der Waals surface area contributed by atoms with Gasteiger partial charge in [-0.2, -0.15) is 0 Å². The lowest BCUT2D eigenvalue weighted by atomic mass is 9.80. The number of likely N-dealkylation sites (N-methyl/N-ethyl adjacent to an activating group) is 1. The van der Waals surface area contributed by atoms with Crippen molar-refractivity contribution < 1.29 is 18.3 Å². The highest BCUT2D eigenvalue weighted by molar-refractivity contribution is 7.90. The Morgan fingerprint density at radius 1 is 1.00 bits per heavy atom. The molecule has 4 rings (SSSR count). The first-order valence-corrected chi connectivity index (χ1v) is 16.2. The van der Waals surface area contributed by atoms with Gasteiger partial charge in [0.25, 0.3) is 10.0 Å². The molecular formula is C30H46N4O4S. The molecule has 2 aromatic rings. The third kappa shape index (κ3) is 8.14. The van der Waals surface area contributed by atoms with E-state index in [4.69, 9.17) is 0 Å². The molecule has 216 valence electrons. The molecule has 0 bridgehead atoms. The highest BCUT2D eigenvalue weighted by atomic mass is 32.2. The van der Waals surface area contributed by atoms with Crippen molar-refractivity contribution in [3.8, 4) is 0 Å². The highest BCUT2D eigenvalue weighted by Crippen LogP contribution is 2.31. The highest BCUT2D eigenvalue weighted by Gasteiger charge is 2.31. The molecule has 8 nitrogen and oxygen atoms in total. The first kappa shape index (κ1) is 29.7. The average molecular weight is 559 g/mol. The molecule has 39 heavy (non-hydrogen) atoms. The summed E-state index contributed by atoms with van der Waals surface area (Å²) >= 11 is 0. The molecule has 1 aromatic heterocycles. The monoisotopic (exact) mass is 558 g/mol. The Morgan fingerprint density at radius 2 is 1.59 bits per heavy atom. The number of nitrogens with one attached hydrogen (secondary N) is 2. The van der Waals surface area contributed by atoms with E-state index in [1.54, 1.807) is 31.3 Å². The van der Waals surface area contributed by atoms with E-state index in [-0.39, 0.29) is 23.3 Å². The lowest BCUT2D eigenvalue weighted by Gasteiger charge is -2.33. The zero-order valence-corrected chi connectivity index (χ0v) is 24.3. The van der Waals surface area contributed by atoms with E-state index in [2.05, 4.69) is 15.6 Å². The van der Waals surface area contributed by atoms with Crippen LogP contribution in [0, 0.1) is 18.8 Å². The second-order valence-electron chi connectivity index (χ2n) is 11.7. The Bertz CT molecular complexity index is 1150. The van der Waals surface area contributed by atoms with E-state index < -0.39 is 22.2 Å². The van der Waals surface area contributed by atoms with Gasteiger partial charge in [0.1, 0.15) is 6.33 Å². The van der Waals surface area contributed by atoms with E-state index in [0.717, 1.165) is 48.1 Å². The third-order valence-corrected chi connectivity index (χ3v) is 10.3. The van der Waals surface area contributed by atoms with Crippen molar-refractivity contribution >= 4 is 15.9 Å². The molecule has 0 radical (unpaired) electrons. The lowest BCUT2D eigenvalue weighted by Crippen LogP contribution is -2.52. The fourth-order valence-electron chi connectivity index (χ4n) is 6.25. The van der Waals surface area contributed by atoms with Crippen LogP contribution in [-0.2, 0) is 21.2 Å². The van der Waals surface area contributed by atoms with Crippen LogP contribution in [0.15, 0.2) is 41.7 Å². The minimum atomic E-state index is -3.76. The van der Waals surface area contributed by atoms with Crippen LogP contribution in [0.25, 0.3) is 0 Å². The van der Waals surface area contributed by atoms with Gasteiger partial charge < -0.3 is 15.7 Å². The Kier molecular flexibility index (Phi) is 10.6. The van der Waals surface area contributed by atoms with Crippen LogP contribution in [0.2, 0.25) is 0 Å². The number of benzene rings is 1. The van der Waals surface area contributed by atoms with Crippen LogP contribution in [-0.4, -0.2) is 53.6 Å². The summed E-state index contributed by atoms with van der Waals surface area (Å²) in [5.41, 5.74) is 1.49. The predicted octanol–water partition coefficient (Wildman–Crippen LogP) is 4.35. The topological polar surface area (TPSA) is 113 Å². The van der Waals surface area contributed by atoms with E-state index in [1.165, 1.54) is 51.0 Å². The number of hydrogen-bond donors (Lipinski definition) is 3. The fraction of sp³-hybridized carbons (Fsp3) is 0.667. The van der Waals surface area contributed by atoms with Crippen molar-refractivity contribution in [2.45, 2.75) is 113 Å². The molecule has 3 atom stereocenters. The second kappa shape index (κ2) is 13.9. The normalized spacial score (nSPS) is 19.9. The minimum absolute atomic E-state index is 0.183. The number of amides is 1. The smallest absolute Gasteiger partial charge is 0.268 e. The summed E-state index contributed by atoms with van der Waals surface area (Å²) in [6.45, 7) is 1.91. The van der Waals surface area contributed by atoms with Gasteiger partial charge in [0, 0.05) is 12.6 Å². The number of carbonyl (C=O) groups excluding carboxylic acids is 1. The number of hydrogen-bond acceptors (Lipinski definition) is 6. The molecule has 0 aliphatic heterocycles. The summed E-state index contributed by atoms with van der Waals surface area (Å²) in [7, 11) is -2.04. The lowest BCUT2D eigenvalue weighted by molar-refractivity contribution is -0.125. The van der Waals surface area contributed by atoms with Gasteiger partial charge >= 0.3 is 0 Å². The van der Waals surface area contributed by atoms with Gasteiger partial charge in [-0.05, 0) is 50.8 Å². The van der Waals surface area contributed by atoms with Crippen molar-refractivity contribution in [3.05, 3.63) is 48.0 Å². The van der Waals surface area contributed by atoms with Crippen LogP contribution in [0.5, 0.6) is 0 Å². The second-order valence-corrected chi connectivity index (χ2v) is 13.6. The van der Waals surface area contributed by atoms with Gasteiger partial charge in [-0.15, -0.1) is 0 Å². The van der Waals surface area contributed by atoms with Crippen LogP contribution >= 0.6 is 0 Å². The molecule has 2 aliphatic carbocycles. The van der Waals surface area contributed by atoms with Gasteiger partial charge in [-0.1, -0.05) is 81.9 Å². The zero-order valence-electron chi connectivity index (χ0n) is 23.5. The summed E-state index contributed by atoms with van der Waals surface area (Å²) < 4.78 is 27.2. The van der Waals surface area contributed by atoms with E-state index in [0.29, 0.717) is 17.5 Å². The standard InChI is InChI=1S/C30H46N4O4S/c1-22-13-15-26(16-14-22)39(37,38)34-20-25(32-21-34)19-28(31-2)30(36)33-27(17-23-9-5-3-6-10-23)29(35)18-24-11-7-4-8-12-24/h13-16,20-21,23-24,27-29,31,35H,3-12,17-19H2,1-2H3,(H,33,36)/t27-,28-,29-/m0/s1. The molecule has 9 heteroatoms. The average Bonchev–Trinajstić information content (AvgIpc) is 3.42.